The molecule has 0 aliphatic rings. The van der Waals surface area contributed by atoms with Gasteiger partial charge in [-0.2, -0.15) is 0 Å². The van der Waals surface area contributed by atoms with Crippen LogP contribution in [0, 0.1) is 6.92 Å². The van der Waals surface area contributed by atoms with Gasteiger partial charge in [-0.15, -0.1) is 0 Å². The van der Waals surface area contributed by atoms with Crippen molar-refractivity contribution in [3.05, 3.63) is 34.9 Å². The lowest BCUT2D eigenvalue weighted by Crippen LogP contribution is -2.24. The molecule has 1 aromatic carbocycles. The van der Waals surface area contributed by atoms with Crippen molar-refractivity contribution in [2.75, 3.05) is 6.54 Å². The number of nitrogens with two attached hydrogens (primary N) is 1. The van der Waals surface area contributed by atoms with Gasteiger partial charge in [-0.25, -0.2) is 0 Å². The Bertz CT molecular complexity index is 433. The average molecular weight is 262 g/mol. The summed E-state index contributed by atoms with van der Waals surface area (Å²) < 4.78 is 0. The minimum absolute atomic E-state index is 0.0750. The first kappa shape index (κ1) is 15.7. The molecule has 3 nitrogen and oxygen atoms in total. The Morgan fingerprint density at radius 2 is 2.00 bits per heavy atom. The fraction of sp³-hybridized carbons (Fsp3) is 0.562. The Balaban J connectivity index is 2.70. The van der Waals surface area contributed by atoms with Crippen molar-refractivity contribution >= 4 is 5.91 Å². The van der Waals surface area contributed by atoms with Crippen molar-refractivity contribution in [3.63, 3.8) is 0 Å². The minimum atomic E-state index is 0.0750. The predicted octanol–water partition coefficient (Wildman–Crippen LogP) is 2.65. The highest BCUT2D eigenvalue weighted by Crippen LogP contribution is 2.24. The fourth-order valence-corrected chi connectivity index (χ4v) is 1.87. The summed E-state index contributed by atoms with van der Waals surface area (Å²) >= 11 is 0. The Morgan fingerprint density at radius 1 is 1.32 bits per heavy atom. The molecule has 3 N–H and O–H groups in total. The first-order valence-electron chi connectivity index (χ1n) is 6.91. The zero-order chi connectivity index (χ0) is 14.5. The van der Waals surface area contributed by atoms with Crippen molar-refractivity contribution in [2.24, 2.45) is 5.73 Å². The van der Waals surface area contributed by atoms with E-state index in [4.69, 9.17) is 5.73 Å². The third-order valence-corrected chi connectivity index (χ3v) is 3.30. The predicted molar refractivity (Wildman–Crippen MR) is 80.0 cm³/mol. The molecule has 1 rings (SSSR count). The van der Waals surface area contributed by atoms with Crippen LogP contribution >= 0.6 is 0 Å². The van der Waals surface area contributed by atoms with Crippen LogP contribution in [0.15, 0.2) is 18.2 Å². The van der Waals surface area contributed by atoms with E-state index in [-0.39, 0.29) is 11.3 Å². The molecule has 0 fully saturated rings. The number of nitrogens with one attached hydrogen (secondary N) is 1. The molecule has 1 aromatic rings. The number of rotatable bonds is 5. The number of aryl methyl sites for hydroxylation is 1. The maximum atomic E-state index is 11.6. The second-order valence-electron chi connectivity index (χ2n) is 6.06. The van der Waals surface area contributed by atoms with Gasteiger partial charge < -0.3 is 11.1 Å². The van der Waals surface area contributed by atoms with E-state index in [0.29, 0.717) is 19.5 Å². The first-order chi connectivity index (χ1) is 8.84. The summed E-state index contributed by atoms with van der Waals surface area (Å²) in [7, 11) is 0. The van der Waals surface area contributed by atoms with Gasteiger partial charge >= 0.3 is 0 Å². The number of benzene rings is 1. The number of carbonyl (C=O) groups is 1. The normalized spacial score (nSPS) is 11.4. The van der Waals surface area contributed by atoms with Gasteiger partial charge in [0.2, 0.25) is 5.91 Å². The van der Waals surface area contributed by atoms with Gasteiger partial charge in [0.05, 0.1) is 0 Å². The maximum Gasteiger partial charge on any atom is 0.220 e. The Hall–Kier alpha value is -1.35. The summed E-state index contributed by atoms with van der Waals surface area (Å²) in [5, 5.41) is 2.96. The van der Waals surface area contributed by atoms with E-state index >= 15 is 0 Å². The van der Waals surface area contributed by atoms with Gasteiger partial charge in [0.15, 0.2) is 0 Å². The summed E-state index contributed by atoms with van der Waals surface area (Å²) in [5.74, 6) is 0.0750. The molecule has 1 amide bonds. The molecule has 0 unspecified atom stereocenters. The molecule has 0 aromatic heterocycles. The number of hydrogen-bond acceptors (Lipinski definition) is 2. The van der Waals surface area contributed by atoms with Crippen LogP contribution in [0.2, 0.25) is 0 Å². The SMILES string of the molecule is Cc1ccc(C(C)(C)C)cc1CNC(=O)CCCN. The van der Waals surface area contributed by atoms with Gasteiger partial charge in [0.1, 0.15) is 0 Å². The maximum absolute atomic E-state index is 11.6. The molecular formula is C16H26N2O. The van der Waals surface area contributed by atoms with E-state index in [1.807, 2.05) is 0 Å². The molecule has 0 spiro atoms. The molecular weight excluding hydrogens is 236 g/mol. The molecule has 106 valence electrons. The molecule has 0 aliphatic carbocycles. The minimum Gasteiger partial charge on any atom is -0.352 e. The summed E-state index contributed by atoms with van der Waals surface area (Å²) in [4.78, 5) is 11.6. The number of amides is 1. The highest BCUT2D eigenvalue weighted by atomic mass is 16.1. The second kappa shape index (κ2) is 6.71. The van der Waals surface area contributed by atoms with Crippen LogP contribution in [0.3, 0.4) is 0 Å². The lowest BCUT2D eigenvalue weighted by Gasteiger charge is -2.21. The summed E-state index contributed by atoms with van der Waals surface area (Å²) in [5.41, 5.74) is 9.23. The van der Waals surface area contributed by atoms with Gasteiger partial charge in [-0.1, -0.05) is 39.0 Å². The molecule has 0 aliphatic heterocycles. The molecule has 0 atom stereocenters. The van der Waals surface area contributed by atoms with Crippen LogP contribution in [0.4, 0.5) is 0 Å². The molecule has 3 heteroatoms. The van der Waals surface area contributed by atoms with Crippen LogP contribution in [0.1, 0.15) is 50.3 Å². The second-order valence-corrected chi connectivity index (χ2v) is 6.06. The average Bonchev–Trinajstić information content (AvgIpc) is 2.33. The van der Waals surface area contributed by atoms with Crippen molar-refractivity contribution in [1.29, 1.82) is 0 Å². The number of hydrogen-bond donors (Lipinski definition) is 2. The fourth-order valence-electron chi connectivity index (χ4n) is 1.87. The highest BCUT2D eigenvalue weighted by Gasteiger charge is 2.14. The van der Waals surface area contributed by atoms with Gasteiger partial charge in [0, 0.05) is 13.0 Å². The first-order valence-corrected chi connectivity index (χ1v) is 6.91. The topological polar surface area (TPSA) is 55.1 Å². The third kappa shape index (κ3) is 5.03. The molecule has 0 heterocycles. The Labute approximate surface area is 116 Å². The monoisotopic (exact) mass is 262 g/mol. The smallest absolute Gasteiger partial charge is 0.220 e. The van der Waals surface area contributed by atoms with Gasteiger partial charge in [-0.3, -0.25) is 4.79 Å². The summed E-state index contributed by atoms with van der Waals surface area (Å²) in [6, 6.07) is 6.48. The Kier molecular flexibility index (Phi) is 5.55. The van der Waals surface area contributed by atoms with Crippen molar-refractivity contribution in [1.82, 2.24) is 5.32 Å². The lowest BCUT2D eigenvalue weighted by molar-refractivity contribution is -0.121. The van der Waals surface area contributed by atoms with E-state index in [0.717, 1.165) is 6.42 Å². The highest BCUT2D eigenvalue weighted by molar-refractivity contribution is 5.75. The summed E-state index contributed by atoms with van der Waals surface area (Å²) in [6.45, 7) is 9.82. The lowest BCUT2D eigenvalue weighted by atomic mass is 9.85. The van der Waals surface area contributed by atoms with Crippen molar-refractivity contribution in [2.45, 2.75) is 52.5 Å². The Morgan fingerprint density at radius 3 is 2.58 bits per heavy atom. The van der Waals surface area contributed by atoms with E-state index in [9.17, 15) is 4.79 Å². The zero-order valence-electron chi connectivity index (χ0n) is 12.5. The quantitative estimate of drug-likeness (QED) is 0.857. The van der Waals surface area contributed by atoms with E-state index < -0.39 is 0 Å². The van der Waals surface area contributed by atoms with Gasteiger partial charge in [0.25, 0.3) is 0 Å². The third-order valence-electron chi connectivity index (χ3n) is 3.30. The molecule has 0 saturated carbocycles. The van der Waals surface area contributed by atoms with Gasteiger partial charge in [-0.05, 0) is 42.0 Å². The van der Waals surface area contributed by atoms with Crippen LogP contribution in [0.5, 0.6) is 0 Å². The molecule has 0 saturated heterocycles. The van der Waals surface area contributed by atoms with E-state index in [2.05, 4.69) is 51.2 Å². The molecule has 0 radical (unpaired) electrons. The van der Waals surface area contributed by atoms with Crippen molar-refractivity contribution in [3.8, 4) is 0 Å². The largest absolute Gasteiger partial charge is 0.352 e. The zero-order valence-corrected chi connectivity index (χ0v) is 12.5. The van der Waals surface area contributed by atoms with Crippen molar-refractivity contribution < 1.29 is 4.79 Å². The number of carbonyl (C=O) groups excluding carboxylic acids is 1. The summed E-state index contributed by atoms with van der Waals surface area (Å²) in [6.07, 6.45) is 1.25. The molecule has 0 bridgehead atoms. The van der Waals surface area contributed by atoms with Crippen LogP contribution in [0.25, 0.3) is 0 Å². The van der Waals surface area contributed by atoms with Crippen LogP contribution < -0.4 is 11.1 Å². The molecule has 19 heavy (non-hydrogen) atoms. The standard InChI is InChI=1S/C16H26N2O/c1-12-7-8-14(16(2,3)4)10-13(12)11-18-15(19)6-5-9-17/h7-8,10H,5-6,9,11,17H2,1-4H3,(H,18,19). The van der Waals surface area contributed by atoms with E-state index in [1.165, 1.54) is 16.7 Å². The van der Waals surface area contributed by atoms with Crippen LogP contribution in [-0.2, 0) is 16.8 Å². The van der Waals surface area contributed by atoms with Crippen LogP contribution in [-0.4, -0.2) is 12.5 Å². The van der Waals surface area contributed by atoms with E-state index in [1.54, 1.807) is 0 Å².